The highest BCUT2D eigenvalue weighted by atomic mass is 32.1. The van der Waals surface area contributed by atoms with E-state index in [0.717, 1.165) is 80.9 Å². The van der Waals surface area contributed by atoms with Crippen LogP contribution in [0.5, 0.6) is 0 Å². The molecule has 1 amide bonds. The van der Waals surface area contributed by atoms with Crippen molar-refractivity contribution in [2.45, 2.75) is 20.4 Å². The molecule has 0 aliphatic carbocycles. The number of piperazine rings is 1. The molecule has 0 spiro atoms. The summed E-state index contributed by atoms with van der Waals surface area (Å²) in [6, 6.07) is 5.84. The number of amides is 1. The van der Waals surface area contributed by atoms with Gasteiger partial charge in [-0.2, -0.15) is 0 Å². The summed E-state index contributed by atoms with van der Waals surface area (Å²) in [4.78, 5) is 31.6. The standard InChI is InChI=1S/C25H31FN6O2S/c1-17-18(2)35-25-23(17)24(28-21(29-25)15-31-11-13-34-14-12-31)32-9-7-30(8-10-32)16-22(33)27-20-5-3-19(26)4-6-20/h3-6H,7-16H2,1-2H3,(H,27,33). The van der Waals surface area contributed by atoms with E-state index < -0.39 is 0 Å². The molecular formula is C25H31FN6O2S. The zero-order valence-corrected chi connectivity index (χ0v) is 21.0. The molecule has 3 aromatic rings. The van der Waals surface area contributed by atoms with Gasteiger partial charge in [0.1, 0.15) is 22.3 Å². The molecule has 5 rings (SSSR count). The minimum atomic E-state index is -0.317. The Morgan fingerprint density at radius 3 is 2.46 bits per heavy atom. The summed E-state index contributed by atoms with van der Waals surface area (Å²) >= 11 is 1.74. The third-order valence-electron chi connectivity index (χ3n) is 6.69. The van der Waals surface area contributed by atoms with Crippen LogP contribution in [0.4, 0.5) is 15.9 Å². The van der Waals surface area contributed by atoms with Crippen molar-refractivity contribution in [1.82, 2.24) is 19.8 Å². The maximum atomic E-state index is 13.1. The number of thiophene rings is 1. The Labute approximate surface area is 208 Å². The summed E-state index contributed by atoms with van der Waals surface area (Å²) in [6.45, 7) is 11.8. The van der Waals surface area contributed by atoms with Crippen molar-refractivity contribution in [2.24, 2.45) is 0 Å². The Hall–Kier alpha value is -2.66. The monoisotopic (exact) mass is 498 g/mol. The summed E-state index contributed by atoms with van der Waals surface area (Å²) in [5, 5.41) is 4.00. The van der Waals surface area contributed by atoms with E-state index in [4.69, 9.17) is 14.7 Å². The van der Waals surface area contributed by atoms with Crippen LogP contribution in [0.2, 0.25) is 0 Å². The molecule has 2 aliphatic heterocycles. The zero-order chi connectivity index (χ0) is 24.4. The van der Waals surface area contributed by atoms with Gasteiger partial charge in [-0.1, -0.05) is 0 Å². The average Bonchev–Trinajstić information content (AvgIpc) is 3.14. The van der Waals surface area contributed by atoms with Gasteiger partial charge < -0.3 is 15.0 Å². The molecule has 0 unspecified atom stereocenters. The van der Waals surface area contributed by atoms with E-state index in [2.05, 4.69) is 33.9 Å². The summed E-state index contributed by atoms with van der Waals surface area (Å²) in [6.07, 6.45) is 0. The van der Waals surface area contributed by atoms with Gasteiger partial charge in [-0.05, 0) is 43.7 Å². The van der Waals surface area contributed by atoms with Crippen molar-refractivity contribution in [2.75, 3.05) is 69.2 Å². The first-order chi connectivity index (χ1) is 17.0. The molecule has 2 saturated heterocycles. The Balaban J connectivity index is 1.27. The van der Waals surface area contributed by atoms with Crippen LogP contribution >= 0.6 is 11.3 Å². The van der Waals surface area contributed by atoms with E-state index in [-0.39, 0.29) is 11.7 Å². The van der Waals surface area contributed by atoms with Crippen molar-refractivity contribution in [3.8, 4) is 0 Å². The third-order valence-corrected chi connectivity index (χ3v) is 7.79. The molecule has 0 bridgehead atoms. The number of carbonyl (C=O) groups excluding carboxylic acids is 1. The van der Waals surface area contributed by atoms with Crippen molar-refractivity contribution in [3.05, 3.63) is 46.3 Å². The van der Waals surface area contributed by atoms with Gasteiger partial charge in [-0.3, -0.25) is 14.6 Å². The normalized spacial score (nSPS) is 17.7. The van der Waals surface area contributed by atoms with Crippen LogP contribution in [0, 0.1) is 19.7 Å². The number of aromatic nitrogens is 2. The molecular weight excluding hydrogens is 467 g/mol. The van der Waals surface area contributed by atoms with Crippen LogP contribution in [-0.2, 0) is 16.1 Å². The lowest BCUT2D eigenvalue weighted by molar-refractivity contribution is -0.117. The van der Waals surface area contributed by atoms with Gasteiger partial charge in [0, 0.05) is 49.8 Å². The van der Waals surface area contributed by atoms with Crippen molar-refractivity contribution < 1.29 is 13.9 Å². The predicted molar refractivity (Wildman–Crippen MR) is 137 cm³/mol. The zero-order valence-electron chi connectivity index (χ0n) is 20.2. The number of halogens is 1. The molecule has 1 aromatic carbocycles. The second kappa shape index (κ2) is 10.5. The predicted octanol–water partition coefficient (Wildman–Crippen LogP) is 3.04. The number of nitrogens with one attached hydrogen (secondary N) is 1. The second-order valence-corrected chi connectivity index (χ2v) is 10.3. The highest BCUT2D eigenvalue weighted by Gasteiger charge is 2.25. The minimum absolute atomic E-state index is 0.0911. The van der Waals surface area contributed by atoms with Crippen molar-refractivity contribution in [3.63, 3.8) is 0 Å². The molecule has 10 heteroatoms. The van der Waals surface area contributed by atoms with Crippen LogP contribution in [-0.4, -0.2) is 84.7 Å². The number of nitrogens with zero attached hydrogens (tertiary/aromatic N) is 5. The summed E-state index contributed by atoms with van der Waals surface area (Å²) < 4.78 is 18.6. The van der Waals surface area contributed by atoms with Crippen LogP contribution in [0.15, 0.2) is 24.3 Å². The summed E-state index contributed by atoms with van der Waals surface area (Å²) in [5.41, 5.74) is 1.86. The average molecular weight is 499 g/mol. The molecule has 2 aliphatic rings. The van der Waals surface area contributed by atoms with Gasteiger partial charge in [0.2, 0.25) is 5.91 Å². The Kier molecular flexibility index (Phi) is 7.24. The molecule has 35 heavy (non-hydrogen) atoms. The fraction of sp³-hybridized carbons (Fsp3) is 0.480. The van der Waals surface area contributed by atoms with Crippen LogP contribution in [0.25, 0.3) is 10.2 Å². The number of hydrogen-bond donors (Lipinski definition) is 1. The highest BCUT2D eigenvalue weighted by molar-refractivity contribution is 7.18. The van der Waals surface area contributed by atoms with Gasteiger partial charge in [-0.15, -0.1) is 11.3 Å². The van der Waals surface area contributed by atoms with E-state index in [0.29, 0.717) is 12.2 Å². The molecule has 0 atom stereocenters. The lowest BCUT2D eigenvalue weighted by Crippen LogP contribution is -2.49. The molecule has 0 radical (unpaired) electrons. The lowest BCUT2D eigenvalue weighted by Gasteiger charge is -2.35. The van der Waals surface area contributed by atoms with E-state index in [1.807, 2.05) is 0 Å². The van der Waals surface area contributed by atoms with E-state index in [1.165, 1.54) is 22.6 Å². The number of benzene rings is 1. The third kappa shape index (κ3) is 5.61. The van der Waals surface area contributed by atoms with Crippen molar-refractivity contribution in [1.29, 1.82) is 0 Å². The minimum Gasteiger partial charge on any atom is -0.379 e. The van der Waals surface area contributed by atoms with Crippen LogP contribution in [0.1, 0.15) is 16.3 Å². The smallest absolute Gasteiger partial charge is 0.238 e. The first-order valence-corrected chi connectivity index (χ1v) is 12.9. The molecule has 186 valence electrons. The Morgan fingerprint density at radius 1 is 1.03 bits per heavy atom. The first-order valence-electron chi connectivity index (χ1n) is 12.1. The van der Waals surface area contributed by atoms with E-state index in [1.54, 1.807) is 23.5 Å². The topological polar surface area (TPSA) is 73.8 Å². The van der Waals surface area contributed by atoms with Crippen LogP contribution < -0.4 is 10.2 Å². The van der Waals surface area contributed by atoms with Crippen molar-refractivity contribution >= 4 is 39.0 Å². The number of carbonyl (C=O) groups is 1. The summed E-state index contributed by atoms with van der Waals surface area (Å²) in [5.74, 6) is 1.46. The number of aryl methyl sites for hydroxylation is 2. The number of rotatable bonds is 6. The van der Waals surface area contributed by atoms with Crippen LogP contribution in [0.3, 0.4) is 0 Å². The maximum Gasteiger partial charge on any atom is 0.238 e. The maximum absolute atomic E-state index is 13.1. The lowest BCUT2D eigenvalue weighted by atomic mass is 10.2. The molecule has 2 aromatic heterocycles. The Morgan fingerprint density at radius 2 is 1.74 bits per heavy atom. The molecule has 1 N–H and O–H groups in total. The van der Waals surface area contributed by atoms with E-state index >= 15 is 0 Å². The number of ether oxygens (including phenoxy) is 1. The van der Waals surface area contributed by atoms with Gasteiger partial charge in [-0.25, -0.2) is 14.4 Å². The molecule has 4 heterocycles. The fourth-order valence-corrected chi connectivity index (χ4v) is 5.63. The first kappa shape index (κ1) is 24.1. The molecule has 0 saturated carbocycles. The fourth-order valence-electron chi connectivity index (χ4n) is 4.58. The molecule has 8 nitrogen and oxygen atoms in total. The number of morpholine rings is 1. The Bertz CT molecular complexity index is 1190. The number of fused-ring (bicyclic) bond motifs is 1. The quantitative estimate of drug-likeness (QED) is 0.560. The number of anilines is 2. The van der Waals surface area contributed by atoms with Gasteiger partial charge in [0.15, 0.2) is 0 Å². The molecule has 2 fully saturated rings. The van der Waals surface area contributed by atoms with E-state index in [9.17, 15) is 9.18 Å². The highest BCUT2D eigenvalue weighted by Crippen LogP contribution is 2.35. The number of hydrogen-bond acceptors (Lipinski definition) is 8. The summed E-state index contributed by atoms with van der Waals surface area (Å²) in [7, 11) is 0. The van der Waals surface area contributed by atoms with Gasteiger partial charge in [0.25, 0.3) is 0 Å². The SMILES string of the molecule is Cc1sc2nc(CN3CCOCC3)nc(N3CCN(CC(=O)Nc4ccc(F)cc4)CC3)c2c1C. The van der Waals surface area contributed by atoms with Gasteiger partial charge in [0.05, 0.1) is 31.7 Å². The largest absolute Gasteiger partial charge is 0.379 e. The van der Waals surface area contributed by atoms with Gasteiger partial charge >= 0.3 is 0 Å². The second-order valence-electron chi connectivity index (χ2n) is 9.13.